The van der Waals surface area contributed by atoms with Crippen LogP contribution in [0.2, 0.25) is 0 Å². The Balaban J connectivity index is 1.75. The largest absolute Gasteiger partial charge is 0.369 e. The van der Waals surface area contributed by atoms with Crippen molar-refractivity contribution in [3.05, 3.63) is 11.6 Å². The molecule has 0 saturated carbocycles. The minimum absolute atomic E-state index is 0.0353. The van der Waals surface area contributed by atoms with Gasteiger partial charge in [-0.15, -0.1) is 11.3 Å². The van der Waals surface area contributed by atoms with E-state index in [1.807, 2.05) is 5.38 Å². The molecule has 0 aliphatic carbocycles. The second kappa shape index (κ2) is 5.81. The van der Waals surface area contributed by atoms with Crippen molar-refractivity contribution in [3.63, 3.8) is 0 Å². The lowest BCUT2D eigenvalue weighted by molar-refractivity contribution is -0.133. The second-order valence-electron chi connectivity index (χ2n) is 4.25. The number of nitrogens with two attached hydrogens (primary N) is 1. The Hall–Kier alpha value is -1.63. The Labute approximate surface area is 109 Å². The Morgan fingerprint density at radius 3 is 2.78 bits per heavy atom. The van der Waals surface area contributed by atoms with Crippen LogP contribution in [0.25, 0.3) is 0 Å². The molecule has 0 radical (unpaired) electrons. The van der Waals surface area contributed by atoms with Gasteiger partial charge in [0.05, 0.1) is 6.54 Å². The van der Waals surface area contributed by atoms with Gasteiger partial charge in [-0.3, -0.25) is 9.59 Å². The predicted octanol–water partition coefficient (Wildman–Crippen LogP) is 0.279. The number of nitrogens with one attached hydrogen (secondary N) is 1. The number of likely N-dealkylation sites (tertiary alicyclic amines) is 1. The number of thiazole rings is 1. The van der Waals surface area contributed by atoms with Gasteiger partial charge in [-0.1, -0.05) is 0 Å². The topological polar surface area (TPSA) is 88.3 Å². The average molecular weight is 268 g/mol. The van der Waals surface area contributed by atoms with Gasteiger partial charge >= 0.3 is 0 Å². The monoisotopic (exact) mass is 268 g/mol. The molecule has 0 unspecified atom stereocenters. The predicted molar refractivity (Wildman–Crippen MR) is 69.1 cm³/mol. The molecule has 2 amide bonds. The molecule has 3 N–H and O–H groups in total. The zero-order valence-electron chi connectivity index (χ0n) is 9.96. The first-order chi connectivity index (χ1) is 8.66. The van der Waals surface area contributed by atoms with Crippen molar-refractivity contribution >= 4 is 28.3 Å². The molecule has 2 rings (SSSR count). The molecule has 1 saturated heterocycles. The van der Waals surface area contributed by atoms with Gasteiger partial charge in [0.25, 0.3) is 0 Å². The van der Waals surface area contributed by atoms with Crippen molar-refractivity contribution in [3.8, 4) is 0 Å². The second-order valence-corrected chi connectivity index (χ2v) is 5.14. The molecule has 1 aliphatic heterocycles. The molecule has 6 nitrogen and oxygen atoms in total. The Morgan fingerprint density at radius 2 is 2.22 bits per heavy atom. The summed E-state index contributed by atoms with van der Waals surface area (Å²) in [5.74, 6) is -0.308. The van der Waals surface area contributed by atoms with Crippen molar-refractivity contribution in [2.24, 2.45) is 11.7 Å². The summed E-state index contributed by atoms with van der Waals surface area (Å²) in [6.07, 6.45) is 3.02. The van der Waals surface area contributed by atoms with Gasteiger partial charge in [0.1, 0.15) is 0 Å². The number of aromatic nitrogens is 1. The van der Waals surface area contributed by atoms with E-state index < -0.39 is 0 Å². The van der Waals surface area contributed by atoms with Crippen LogP contribution in [0.3, 0.4) is 0 Å². The summed E-state index contributed by atoms with van der Waals surface area (Å²) in [7, 11) is 0. The Kier molecular flexibility index (Phi) is 4.14. The standard InChI is InChI=1S/C11H16N4O2S/c12-10(17)8-1-4-15(5-2-8)9(16)7-14-11-13-3-6-18-11/h3,6,8H,1-2,4-5,7H2,(H2,12,17)(H,13,14). The SMILES string of the molecule is NC(=O)C1CCN(C(=O)CNc2nccs2)CC1. The van der Waals surface area contributed by atoms with Crippen LogP contribution in [0.4, 0.5) is 5.13 Å². The summed E-state index contributed by atoms with van der Waals surface area (Å²) in [5, 5.41) is 5.58. The lowest BCUT2D eigenvalue weighted by atomic mass is 9.96. The Morgan fingerprint density at radius 1 is 1.50 bits per heavy atom. The first-order valence-electron chi connectivity index (χ1n) is 5.87. The molecule has 0 aromatic carbocycles. The van der Waals surface area contributed by atoms with Gasteiger partial charge < -0.3 is 16.0 Å². The molecule has 1 aromatic rings. The number of hydrogen-bond acceptors (Lipinski definition) is 5. The van der Waals surface area contributed by atoms with E-state index in [4.69, 9.17) is 5.73 Å². The van der Waals surface area contributed by atoms with Crippen molar-refractivity contribution in [2.45, 2.75) is 12.8 Å². The third-order valence-electron chi connectivity index (χ3n) is 3.07. The van der Waals surface area contributed by atoms with Crippen LogP contribution < -0.4 is 11.1 Å². The fraction of sp³-hybridized carbons (Fsp3) is 0.545. The fourth-order valence-corrected chi connectivity index (χ4v) is 2.52. The summed E-state index contributed by atoms with van der Waals surface area (Å²) in [6.45, 7) is 1.45. The van der Waals surface area contributed by atoms with E-state index in [0.29, 0.717) is 25.9 Å². The number of piperidine rings is 1. The molecule has 98 valence electrons. The minimum Gasteiger partial charge on any atom is -0.369 e. The number of anilines is 1. The highest BCUT2D eigenvalue weighted by Gasteiger charge is 2.25. The highest BCUT2D eigenvalue weighted by atomic mass is 32.1. The van der Waals surface area contributed by atoms with E-state index in [1.165, 1.54) is 11.3 Å². The quantitative estimate of drug-likeness (QED) is 0.821. The molecule has 7 heteroatoms. The van der Waals surface area contributed by atoms with Gasteiger partial charge in [0.2, 0.25) is 11.8 Å². The first-order valence-corrected chi connectivity index (χ1v) is 6.75. The fourth-order valence-electron chi connectivity index (χ4n) is 1.99. The zero-order chi connectivity index (χ0) is 13.0. The van der Waals surface area contributed by atoms with Crippen LogP contribution in [0.15, 0.2) is 11.6 Å². The van der Waals surface area contributed by atoms with E-state index in [0.717, 1.165) is 5.13 Å². The molecule has 18 heavy (non-hydrogen) atoms. The van der Waals surface area contributed by atoms with Crippen LogP contribution in [-0.4, -0.2) is 41.3 Å². The lowest BCUT2D eigenvalue weighted by Gasteiger charge is -2.30. The van der Waals surface area contributed by atoms with E-state index in [1.54, 1.807) is 11.1 Å². The molecule has 2 heterocycles. The number of primary amides is 1. The summed E-state index contributed by atoms with van der Waals surface area (Å²) in [6, 6.07) is 0. The average Bonchev–Trinajstić information content (AvgIpc) is 2.89. The highest BCUT2D eigenvalue weighted by molar-refractivity contribution is 7.13. The number of amides is 2. The smallest absolute Gasteiger partial charge is 0.241 e. The van der Waals surface area contributed by atoms with Crippen LogP contribution in [0, 0.1) is 5.92 Å². The molecule has 0 spiro atoms. The maximum atomic E-state index is 11.9. The van der Waals surface area contributed by atoms with Gasteiger partial charge in [-0.25, -0.2) is 4.98 Å². The molecular formula is C11H16N4O2S. The maximum absolute atomic E-state index is 11.9. The van der Waals surface area contributed by atoms with E-state index >= 15 is 0 Å². The third kappa shape index (κ3) is 3.19. The number of carbonyl (C=O) groups is 2. The lowest BCUT2D eigenvalue weighted by Crippen LogP contribution is -2.43. The molecule has 1 aromatic heterocycles. The van der Waals surface area contributed by atoms with Crippen molar-refractivity contribution in [1.82, 2.24) is 9.88 Å². The van der Waals surface area contributed by atoms with E-state index in [9.17, 15) is 9.59 Å². The maximum Gasteiger partial charge on any atom is 0.241 e. The molecule has 1 fully saturated rings. The number of nitrogens with zero attached hydrogens (tertiary/aromatic N) is 2. The summed E-state index contributed by atoms with van der Waals surface area (Å²) < 4.78 is 0. The van der Waals surface area contributed by atoms with Crippen molar-refractivity contribution in [1.29, 1.82) is 0 Å². The summed E-state index contributed by atoms with van der Waals surface area (Å²) in [4.78, 5) is 28.7. The highest BCUT2D eigenvalue weighted by Crippen LogP contribution is 2.17. The number of carbonyl (C=O) groups excluding carboxylic acids is 2. The number of hydrogen-bond donors (Lipinski definition) is 2. The number of rotatable bonds is 4. The Bertz CT molecular complexity index is 413. The third-order valence-corrected chi connectivity index (χ3v) is 3.80. The molecular weight excluding hydrogens is 252 g/mol. The van der Waals surface area contributed by atoms with Gasteiger partial charge in [0, 0.05) is 30.6 Å². The summed E-state index contributed by atoms with van der Waals surface area (Å²) in [5.41, 5.74) is 5.25. The van der Waals surface area contributed by atoms with Gasteiger partial charge in [-0.05, 0) is 12.8 Å². The van der Waals surface area contributed by atoms with Crippen LogP contribution >= 0.6 is 11.3 Å². The van der Waals surface area contributed by atoms with Crippen LogP contribution in [-0.2, 0) is 9.59 Å². The van der Waals surface area contributed by atoms with E-state index in [2.05, 4.69) is 10.3 Å². The minimum atomic E-state index is -0.261. The zero-order valence-corrected chi connectivity index (χ0v) is 10.8. The molecule has 0 atom stereocenters. The van der Waals surface area contributed by atoms with Crippen LogP contribution in [0.1, 0.15) is 12.8 Å². The van der Waals surface area contributed by atoms with Crippen LogP contribution in [0.5, 0.6) is 0 Å². The first kappa shape index (κ1) is 12.8. The van der Waals surface area contributed by atoms with Gasteiger partial charge in [-0.2, -0.15) is 0 Å². The molecule has 1 aliphatic rings. The van der Waals surface area contributed by atoms with Crippen molar-refractivity contribution in [2.75, 3.05) is 25.0 Å². The molecule has 0 bridgehead atoms. The summed E-state index contributed by atoms with van der Waals surface area (Å²) >= 11 is 1.46. The normalized spacial score (nSPS) is 16.6. The van der Waals surface area contributed by atoms with E-state index in [-0.39, 0.29) is 24.3 Å². The van der Waals surface area contributed by atoms with Crippen molar-refractivity contribution < 1.29 is 9.59 Å². The van der Waals surface area contributed by atoms with Gasteiger partial charge in [0.15, 0.2) is 5.13 Å².